The molecule has 2 aromatic heterocycles. The first-order chi connectivity index (χ1) is 10.7. The maximum Gasteiger partial charge on any atom is 0.131 e. The van der Waals surface area contributed by atoms with Gasteiger partial charge in [-0.05, 0) is 26.8 Å². The molecule has 2 heterocycles. The van der Waals surface area contributed by atoms with Gasteiger partial charge >= 0.3 is 0 Å². The Kier molecular flexibility index (Phi) is 4.83. The van der Waals surface area contributed by atoms with Crippen molar-refractivity contribution in [3.8, 4) is 0 Å². The summed E-state index contributed by atoms with van der Waals surface area (Å²) in [5.41, 5.74) is 2.08. The van der Waals surface area contributed by atoms with Gasteiger partial charge in [-0.3, -0.25) is 4.90 Å². The number of hydrogen-bond acceptors (Lipinski definition) is 5. The smallest absolute Gasteiger partial charge is 0.131 e. The van der Waals surface area contributed by atoms with E-state index in [1.165, 1.54) is 32.1 Å². The average molecular weight is 300 g/mol. The van der Waals surface area contributed by atoms with E-state index < -0.39 is 0 Å². The Balaban J connectivity index is 1.60. The van der Waals surface area contributed by atoms with E-state index in [2.05, 4.69) is 34.0 Å². The highest BCUT2D eigenvalue weighted by atomic mass is 16.5. The summed E-state index contributed by atoms with van der Waals surface area (Å²) in [6, 6.07) is 2.11. The largest absolute Gasteiger partial charge is 0.364 e. The lowest BCUT2D eigenvalue weighted by Crippen LogP contribution is -2.22. The van der Waals surface area contributed by atoms with Crippen molar-refractivity contribution >= 4 is 0 Å². The zero-order chi connectivity index (χ0) is 15.4. The van der Waals surface area contributed by atoms with Crippen molar-refractivity contribution in [2.45, 2.75) is 57.5 Å². The Morgan fingerprint density at radius 1 is 1.23 bits per heavy atom. The van der Waals surface area contributed by atoms with Gasteiger partial charge in [0, 0.05) is 36.5 Å². The summed E-state index contributed by atoms with van der Waals surface area (Å²) in [5, 5.41) is 4.01. The van der Waals surface area contributed by atoms with Crippen molar-refractivity contribution < 1.29 is 4.52 Å². The molecular weight excluding hydrogens is 276 g/mol. The molecule has 1 aliphatic rings. The van der Waals surface area contributed by atoms with Gasteiger partial charge in [-0.25, -0.2) is 9.97 Å². The van der Waals surface area contributed by atoms with E-state index in [4.69, 9.17) is 4.52 Å². The van der Waals surface area contributed by atoms with Crippen LogP contribution in [0.5, 0.6) is 0 Å². The Labute approximate surface area is 131 Å². The second kappa shape index (κ2) is 7.01. The molecule has 5 nitrogen and oxygen atoms in total. The average Bonchev–Trinajstić information content (AvgIpc) is 3.10. The molecule has 5 heteroatoms. The van der Waals surface area contributed by atoms with Crippen molar-refractivity contribution in [3.05, 3.63) is 41.8 Å². The molecule has 0 bridgehead atoms. The Morgan fingerprint density at radius 3 is 2.59 bits per heavy atom. The lowest BCUT2D eigenvalue weighted by atomic mass is 9.89. The van der Waals surface area contributed by atoms with Crippen LogP contribution in [0.25, 0.3) is 0 Å². The summed E-state index contributed by atoms with van der Waals surface area (Å²) in [4.78, 5) is 11.4. The second-order valence-corrected chi connectivity index (χ2v) is 6.30. The van der Waals surface area contributed by atoms with Gasteiger partial charge in [0.25, 0.3) is 0 Å². The zero-order valence-electron chi connectivity index (χ0n) is 13.4. The predicted octanol–water partition coefficient (Wildman–Crippen LogP) is 3.71. The van der Waals surface area contributed by atoms with Crippen molar-refractivity contribution in [1.82, 2.24) is 20.0 Å². The number of rotatable bonds is 5. The monoisotopic (exact) mass is 300 g/mol. The number of aromatic nitrogens is 3. The summed E-state index contributed by atoms with van der Waals surface area (Å²) in [6.07, 6.45) is 12.0. The van der Waals surface area contributed by atoms with E-state index in [1.54, 1.807) is 6.26 Å². The molecule has 0 saturated heterocycles. The fraction of sp³-hybridized carbons (Fsp3) is 0.588. The van der Waals surface area contributed by atoms with E-state index in [-0.39, 0.29) is 6.04 Å². The summed E-state index contributed by atoms with van der Waals surface area (Å²) in [5.74, 6) is 1.59. The van der Waals surface area contributed by atoms with E-state index in [9.17, 15) is 0 Å². The highest BCUT2D eigenvalue weighted by Crippen LogP contribution is 2.30. The zero-order valence-corrected chi connectivity index (χ0v) is 13.4. The molecule has 3 rings (SSSR count). The summed E-state index contributed by atoms with van der Waals surface area (Å²) < 4.78 is 4.92. The highest BCUT2D eigenvalue weighted by molar-refractivity contribution is 5.09. The van der Waals surface area contributed by atoms with Gasteiger partial charge in [-0.2, -0.15) is 0 Å². The Morgan fingerprint density at radius 2 is 1.95 bits per heavy atom. The topological polar surface area (TPSA) is 55.1 Å². The van der Waals surface area contributed by atoms with Gasteiger partial charge < -0.3 is 4.52 Å². The quantitative estimate of drug-likeness (QED) is 0.842. The minimum atomic E-state index is 0.205. The van der Waals surface area contributed by atoms with Crippen molar-refractivity contribution in [3.63, 3.8) is 0 Å². The first-order valence-corrected chi connectivity index (χ1v) is 8.15. The molecule has 0 N–H and O–H groups in total. The van der Waals surface area contributed by atoms with Crippen molar-refractivity contribution in [1.29, 1.82) is 0 Å². The molecule has 0 aliphatic heterocycles. The van der Waals surface area contributed by atoms with Crippen LogP contribution in [0.4, 0.5) is 0 Å². The molecule has 0 radical (unpaired) electrons. The Bertz CT molecular complexity index is 561. The fourth-order valence-corrected chi connectivity index (χ4v) is 3.11. The van der Waals surface area contributed by atoms with Gasteiger partial charge in [-0.15, -0.1) is 0 Å². The molecule has 1 unspecified atom stereocenters. The standard InChI is InChI=1S/C17H24N4O/c1-13(16-8-9-22-20-16)21(2)12-14-10-18-17(19-11-14)15-6-4-3-5-7-15/h8-11,13,15H,3-7,12H2,1-2H3. The third-order valence-corrected chi connectivity index (χ3v) is 4.67. The predicted molar refractivity (Wildman–Crippen MR) is 84.2 cm³/mol. The van der Waals surface area contributed by atoms with Crippen LogP contribution in [0.2, 0.25) is 0 Å². The molecule has 0 spiro atoms. The third-order valence-electron chi connectivity index (χ3n) is 4.67. The minimum absolute atomic E-state index is 0.205. The maximum atomic E-state index is 4.92. The fourth-order valence-electron chi connectivity index (χ4n) is 3.11. The van der Waals surface area contributed by atoms with Gasteiger partial charge in [0.1, 0.15) is 17.8 Å². The van der Waals surface area contributed by atoms with Crippen LogP contribution in [0.15, 0.2) is 29.2 Å². The van der Waals surface area contributed by atoms with Crippen LogP contribution in [0, 0.1) is 0 Å². The van der Waals surface area contributed by atoms with Gasteiger partial charge in [0.15, 0.2) is 0 Å². The van der Waals surface area contributed by atoms with Crippen molar-refractivity contribution in [2.75, 3.05) is 7.05 Å². The normalized spacial score (nSPS) is 17.8. The molecule has 2 aromatic rings. The lowest BCUT2D eigenvalue weighted by Gasteiger charge is -2.23. The molecule has 1 atom stereocenters. The molecule has 1 fully saturated rings. The van der Waals surface area contributed by atoms with E-state index in [0.29, 0.717) is 5.92 Å². The summed E-state index contributed by atoms with van der Waals surface area (Å²) in [7, 11) is 2.08. The van der Waals surface area contributed by atoms with Crippen LogP contribution < -0.4 is 0 Å². The molecule has 1 saturated carbocycles. The molecule has 1 aliphatic carbocycles. The SMILES string of the molecule is CC(c1ccon1)N(C)Cc1cnc(C2CCCCC2)nc1. The van der Waals surface area contributed by atoms with E-state index in [0.717, 1.165) is 23.6 Å². The van der Waals surface area contributed by atoms with Crippen LogP contribution in [0.1, 0.15) is 68.1 Å². The molecule has 0 amide bonds. The Hall–Kier alpha value is -1.75. The number of hydrogen-bond donors (Lipinski definition) is 0. The summed E-state index contributed by atoms with van der Waals surface area (Å²) in [6.45, 7) is 2.92. The van der Waals surface area contributed by atoms with Gasteiger partial charge in [-0.1, -0.05) is 24.4 Å². The first-order valence-electron chi connectivity index (χ1n) is 8.15. The number of nitrogens with zero attached hydrogens (tertiary/aromatic N) is 4. The first kappa shape index (κ1) is 15.2. The minimum Gasteiger partial charge on any atom is -0.364 e. The molecular formula is C17H24N4O. The highest BCUT2D eigenvalue weighted by Gasteiger charge is 2.18. The molecule has 0 aromatic carbocycles. The van der Waals surface area contributed by atoms with E-state index in [1.807, 2.05) is 18.5 Å². The van der Waals surface area contributed by atoms with E-state index >= 15 is 0 Å². The third kappa shape index (κ3) is 3.53. The van der Waals surface area contributed by atoms with Gasteiger partial charge in [0.05, 0.1) is 6.04 Å². The van der Waals surface area contributed by atoms with Crippen molar-refractivity contribution in [2.24, 2.45) is 0 Å². The van der Waals surface area contributed by atoms with Crippen LogP contribution >= 0.6 is 0 Å². The van der Waals surface area contributed by atoms with Crippen LogP contribution in [-0.4, -0.2) is 27.1 Å². The van der Waals surface area contributed by atoms with Crippen LogP contribution in [0.3, 0.4) is 0 Å². The molecule has 118 valence electrons. The second-order valence-electron chi connectivity index (χ2n) is 6.30. The van der Waals surface area contributed by atoms with Crippen LogP contribution in [-0.2, 0) is 6.54 Å². The molecule has 22 heavy (non-hydrogen) atoms. The lowest BCUT2D eigenvalue weighted by molar-refractivity contribution is 0.240. The summed E-state index contributed by atoms with van der Waals surface area (Å²) >= 11 is 0. The van der Waals surface area contributed by atoms with Gasteiger partial charge in [0.2, 0.25) is 0 Å². The maximum absolute atomic E-state index is 4.92.